The lowest BCUT2D eigenvalue weighted by atomic mass is 10.0. The minimum Gasteiger partial charge on any atom is -0.471 e. The van der Waals surface area contributed by atoms with Crippen molar-refractivity contribution < 1.29 is 17.9 Å². The standard InChI is InChI=1S/C18H13F3N6O/c1-9-23-15(12-6-22-25-16(12)24-9)13-14(10-2-4-11(19)5-3-10)26-27-7-18(20,21)8-28-17(13)27/h2-6H,7-8H2,1H3,(H,22,23,24,25). The fraction of sp³-hybridized carbons (Fsp3) is 0.222. The van der Waals surface area contributed by atoms with Gasteiger partial charge in [-0.15, -0.1) is 0 Å². The summed E-state index contributed by atoms with van der Waals surface area (Å²) in [5.74, 6) is -2.79. The molecule has 3 aromatic heterocycles. The number of ether oxygens (including phenoxy) is 1. The topological polar surface area (TPSA) is 81.5 Å². The summed E-state index contributed by atoms with van der Waals surface area (Å²) in [5.41, 5.74) is 2.33. The summed E-state index contributed by atoms with van der Waals surface area (Å²) in [6, 6.07) is 5.63. The van der Waals surface area contributed by atoms with Gasteiger partial charge in [0.1, 0.15) is 23.9 Å². The number of aromatic nitrogens is 6. The van der Waals surface area contributed by atoms with Crippen molar-refractivity contribution in [3.63, 3.8) is 0 Å². The van der Waals surface area contributed by atoms with Crippen LogP contribution in [-0.4, -0.2) is 42.5 Å². The van der Waals surface area contributed by atoms with E-state index in [2.05, 4.69) is 25.3 Å². The zero-order chi connectivity index (χ0) is 19.5. The first-order valence-corrected chi connectivity index (χ1v) is 8.47. The second kappa shape index (κ2) is 5.78. The first kappa shape index (κ1) is 16.7. The molecule has 10 heteroatoms. The maximum Gasteiger partial charge on any atom is 0.300 e. The molecular weight excluding hydrogens is 373 g/mol. The number of fused-ring (bicyclic) bond motifs is 2. The van der Waals surface area contributed by atoms with Crippen molar-refractivity contribution in [2.45, 2.75) is 19.4 Å². The number of benzene rings is 1. The number of hydrogen-bond acceptors (Lipinski definition) is 5. The lowest BCUT2D eigenvalue weighted by Gasteiger charge is -2.24. The van der Waals surface area contributed by atoms with Gasteiger partial charge < -0.3 is 4.74 Å². The summed E-state index contributed by atoms with van der Waals surface area (Å²) < 4.78 is 47.7. The fourth-order valence-electron chi connectivity index (χ4n) is 3.30. The van der Waals surface area contributed by atoms with Gasteiger partial charge in [-0.25, -0.2) is 27.8 Å². The van der Waals surface area contributed by atoms with Crippen molar-refractivity contribution in [1.29, 1.82) is 0 Å². The molecule has 0 radical (unpaired) electrons. The third-order valence-corrected chi connectivity index (χ3v) is 4.48. The molecule has 0 atom stereocenters. The third kappa shape index (κ3) is 2.60. The first-order valence-electron chi connectivity index (χ1n) is 8.47. The lowest BCUT2D eigenvalue weighted by Crippen LogP contribution is -2.36. The van der Waals surface area contributed by atoms with Gasteiger partial charge in [0, 0.05) is 5.56 Å². The van der Waals surface area contributed by atoms with Crippen LogP contribution in [0.1, 0.15) is 5.82 Å². The van der Waals surface area contributed by atoms with Gasteiger partial charge in [0.2, 0.25) is 5.88 Å². The Balaban J connectivity index is 1.81. The zero-order valence-corrected chi connectivity index (χ0v) is 14.6. The van der Waals surface area contributed by atoms with Crippen LogP contribution in [0.25, 0.3) is 33.5 Å². The van der Waals surface area contributed by atoms with Gasteiger partial charge in [0.25, 0.3) is 0 Å². The Bertz CT molecular complexity index is 1200. The molecule has 0 amide bonds. The molecule has 142 valence electrons. The molecule has 0 aliphatic carbocycles. The number of alkyl halides is 2. The number of nitrogens with one attached hydrogen (secondary N) is 1. The van der Waals surface area contributed by atoms with Gasteiger partial charge >= 0.3 is 5.92 Å². The van der Waals surface area contributed by atoms with E-state index < -0.39 is 24.9 Å². The predicted molar refractivity (Wildman–Crippen MR) is 93.5 cm³/mol. The van der Waals surface area contributed by atoms with Crippen molar-refractivity contribution in [2.75, 3.05) is 6.61 Å². The summed E-state index contributed by atoms with van der Waals surface area (Å²) in [7, 11) is 0. The average molecular weight is 386 g/mol. The molecule has 5 rings (SSSR count). The second-order valence-electron chi connectivity index (χ2n) is 6.59. The smallest absolute Gasteiger partial charge is 0.300 e. The Morgan fingerprint density at radius 1 is 1.14 bits per heavy atom. The van der Waals surface area contributed by atoms with E-state index in [-0.39, 0.29) is 5.88 Å². The largest absolute Gasteiger partial charge is 0.471 e. The van der Waals surface area contributed by atoms with Gasteiger partial charge in [0.05, 0.1) is 22.8 Å². The molecule has 0 saturated carbocycles. The monoisotopic (exact) mass is 386 g/mol. The molecule has 4 aromatic rings. The van der Waals surface area contributed by atoms with Gasteiger partial charge in [-0.3, -0.25) is 5.10 Å². The summed E-state index contributed by atoms with van der Waals surface area (Å²) in [6.45, 7) is 0.342. The van der Waals surface area contributed by atoms with Gasteiger partial charge in [-0.1, -0.05) is 0 Å². The van der Waals surface area contributed by atoms with E-state index in [0.717, 1.165) is 4.68 Å². The van der Waals surface area contributed by atoms with Crippen molar-refractivity contribution in [3.05, 3.63) is 42.1 Å². The first-order chi connectivity index (χ1) is 13.4. The number of aromatic amines is 1. The number of aryl methyl sites for hydroxylation is 1. The molecular formula is C18H13F3N6O. The van der Waals surface area contributed by atoms with Gasteiger partial charge in [0.15, 0.2) is 12.3 Å². The average Bonchev–Trinajstić information content (AvgIpc) is 3.24. The summed E-state index contributed by atoms with van der Waals surface area (Å²) in [4.78, 5) is 8.79. The van der Waals surface area contributed by atoms with Crippen LogP contribution in [0.4, 0.5) is 13.2 Å². The van der Waals surface area contributed by atoms with Crippen LogP contribution in [-0.2, 0) is 6.54 Å². The van der Waals surface area contributed by atoms with E-state index in [1.54, 1.807) is 13.1 Å². The number of hydrogen-bond donors (Lipinski definition) is 1. The van der Waals surface area contributed by atoms with E-state index in [1.807, 2.05) is 0 Å². The minimum atomic E-state index is -3.04. The van der Waals surface area contributed by atoms with E-state index in [9.17, 15) is 13.2 Å². The Morgan fingerprint density at radius 3 is 2.71 bits per heavy atom. The van der Waals surface area contributed by atoms with Crippen LogP contribution in [0.15, 0.2) is 30.5 Å². The van der Waals surface area contributed by atoms with Crippen LogP contribution < -0.4 is 4.74 Å². The molecule has 0 bridgehead atoms. The van der Waals surface area contributed by atoms with Crippen LogP contribution in [0, 0.1) is 12.7 Å². The quantitative estimate of drug-likeness (QED) is 0.571. The zero-order valence-electron chi connectivity index (χ0n) is 14.6. The summed E-state index contributed by atoms with van der Waals surface area (Å²) in [6.07, 6.45) is 1.56. The number of nitrogens with zero attached hydrogens (tertiary/aromatic N) is 5. The second-order valence-corrected chi connectivity index (χ2v) is 6.59. The van der Waals surface area contributed by atoms with Crippen molar-refractivity contribution >= 4 is 11.0 Å². The van der Waals surface area contributed by atoms with Crippen molar-refractivity contribution in [1.82, 2.24) is 29.9 Å². The number of halogens is 3. The van der Waals surface area contributed by atoms with Gasteiger partial charge in [-0.05, 0) is 31.2 Å². The van der Waals surface area contributed by atoms with E-state index in [0.29, 0.717) is 39.4 Å². The highest BCUT2D eigenvalue weighted by Gasteiger charge is 2.39. The Hall–Kier alpha value is -3.43. The summed E-state index contributed by atoms with van der Waals surface area (Å²) in [5, 5.41) is 11.7. The van der Waals surface area contributed by atoms with Gasteiger partial charge in [-0.2, -0.15) is 10.2 Å². The number of rotatable bonds is 2. The molecule has 0 unspecified atom stereocenters. The SMILES string of the molecule is Cc1nc(-c2c(-c3ccc(F)cc3)nn3c2OCC(F)(F)C3)c2cn[nH]c2n1. The summed E-state index contributed by atoms with van der Waals surface area (Å²) >= 11 is 0. The Morgan fingerprint density at radius 2 is 1.93 bits per heavy atom. The van der Waals surface area contributed by atoms with Crippen LogP contribution in [0.5, 0.6) is 5.88 Å². The lowest BCUT2D eigenvalue weighted by molar-refractivity contribution is -0.0792. The highest BCUT2D eigenvalue weighted by Crippen LogP contribution is 2.43. The molecule has 1 aliphatic rings. The number of H-pyrrole nitrogens is 1. The van der Waals surface area contributed by atoms with E-state index >= 15 is 0 Å². The third-order valence-electron chi connectivity index (χ3n) is 4.48. The minimum absolute atomic E-state index is 0.186. The van der Waals surface area contributed by atoms with Crippen LogP contribution in [0.3, 0.4) is 0 Å². The normalized spacial score (nSPS) is 15.4. The Labute approximate surface area is 156 Å². The highest BCUT2D eigenvalue weighted by molar-refractivity contribution is 5.96. The maximum atomic E-state index is 13.9. The van der Waals surface area contributed by atoms with E-state index in [1.165, 1.54) is 24.3 Å². The maximum absolute atomic E-state index is 13.9. The molecule has 7 nitrogen and oxygen atoms in total. The fourth-order valence-corrected chi connectivity index (χ4v) is 3.30. The molecule has 0 fully saturated rings. The van der Waals surface area contributed by atoms with Crippen LogP contribution >= 0.6 is 0 Å². The molecule has 1 aliphatic heterocycles. The molecule has 28 heavy (non-hydrogen) atoms. The van der Waals surface area contributed by atoms with Crippen molar-refractivity contribution in [3.8, 4) is 28.4 Å². The molecule has 1 aromatic carbocycles. The molecule has 1 N–H and O–H groups in total. The molecule has 4 heterocycles. The molecule has 0 saturated heterocycles. The molecule has 0 spiro atoms. The van der Waals surface area contributed by atoms with E-state index in [4.69, 9.17) is 4.74 Å². The van der Waals surface area contributed by atoms with Crippen LogP contribution in [0.2, 0.25) is 0 Å². The highest BCUT2D eigenvalue weighted by atomic mass is 19.3. The van der Waals surface area contributed by atoms with Crippen molar-refractivity contribution in [2.24, 2.45) is 0 Å². The predicted octanol–water partition coefficient (Wildman–Crippen LogP) is 3.36. The Kier molecular flexibility index (Phi) is 3.45.